The minimum atomic E-state index is -3.60. The number of carbonyl (C=O) groups excluding carboxylic acids is 3. The number of carbonyl (C=O) groups is 3. The fourth-order valence-electron chi connectivity index (χ4n) is 1.82. The number of hydrazine groups is 1. The molecular weight excluding hydrogens is 394 g/mol. The van der Waals surface area contributed by atoms with Crippen LogP contribution in [0.4, 0.5) is 0 Å². The van der Waals surface area contributed by atoms with Gasteiger partial charge in [-0.05, 0) is 35.7 Å². The van der Waals surface area contributed by atoms with Gasteiger partial charge in [0.15, 0.2) is 6.61 Å². The van der Waals surface area contributed by atoms with Gasteiger partial charge < -0.3 is 4.74 Å². The highest BCUT2D eigenvalue weighted by molar-refractivity contribution is 7.89. The first-order valence-electron chi connectivity index (χ1n) is 7.54. The zero-order valence-electron chi connectivity index (χ0n) is 14.5. The largest absolute Gasteiger partial charge is 0.452 e. The van der Waals surface area contributed by atoms with Crippen LogP contribution in [0.25, 0.3) is 0 Å². The lowest BCUT2D eigenvalue weighted by Crippen LogP contribution is -2.43. The number of benzene rings is 1. The highest BCUT2D eigenvalue weighted by atomic mass is 32.2. The van der Waals surface area contributed by atoms with Gasteiger partial charge in [-0.1, -0.05) is 6.07 Å². The van der Waals surface area contributed by atoms with Crippen molar-refractivity contribution in [1.29, 1.82) is 0 Å². The molecule has 9 nitrogen and oxygen atoms in total. The summed E-state index contributed by atoms with van der Waals surface area (Å²) in [7, 11) is -0.809. The standard InChI is InChI=1S/C16H17N3O6S2/c1-19(2)27(23,24)12-7-5-11(6-8-12)16(22)25-10-14(20)17-18-15(21)13-4-3-9-26-13/h3-9H,10H2,1-2H3,(H,17,20)(H,18,21). The number of hydrogen-bond donors (Lipinski definition) is 2. The fraction of sp³-hybridized carbons (Fsp3) is 0.188. The Labute approximate surface area is 160 Å². The van der Waals surface area contributed by atoms with E-state index in [-0.39, 0.29) is 10.5 Å². The molecule has 0 fully saturated rings. The van der Waals surface area contributed by atoms with Crippen LogP contribution in [0.3, 0.4) is 0 Å². The Morgan fingerprint density at radius 3 is 2.30 bits per heavy atom. The van der Waals surface area contributed by atoms with Gasteiger partial charge in [0.2, 0.25) is 10.0 Å². The molecule has 0 unspecified atom stereocenters. The van der Waals surface area contributed by atoms with E-state index in [0.29, 0.717) is 4.88 Å². The van der Waals surface area contributed by atoms with Gasteiger partial charge in [-0.3, -0.25) is 20.4 Å². The number of nitrogens with zero attached hydrogens (tertiary/aromatic N) is 1. The molecule has 144 valence electrons. The molecule has 1 aromatic heterocycles. The lowest BCUT2D eigenvalue weighted by atomic mass is 10.2. The molecule has 0 aliphatic carbocycles. The predicted octanol–water partition coefficient (Wildman–Crippen LogP) is 0.616. The van der Waals surface area contributed by atoms with Gasteiger partial charge in [0.1, 0.15) is 0 Å². The Balaban J connectivity index is 1.84. The van der Waals surface area contributed by atoms with Gasteiger partial charge in [-0.25, -0.2) is 17.5 Å². The molecule has 2 amide bonds. The van der Waals surface area contributed by atoms with Crippen molar-refractivity contribution >= 4 is 39.1 Å². The molecule has 2 aromatic rings. The van der Waals surface area contributed by atoms with Crippen LogP contribution in [0.15, 0.2) is 46.7 Å². The van der Waals surface area contributed by atoms with E-state index in [4.69, 9.17) is 4.74 Å². The van der Waals surface area contributed by atoms with E-state index >= 15 is 0 Å². The first-order chi connectivity index (χ1) is 12.7. The third kappa shape index (κ3) is 5.36. The summed E-state index contributed by atoms with van der Waals surface area (Å²) in [6.07, 6.45) is 0. The Kier molecular flexibility index (Phi) is 6.66. The average Bonchev–Trinajstić information content (AvgIpc) is 3.19. The van der Waals surface area contributed by atoms with Crippen molar-refractivity contribution in [1.82, 2.24) is 15.2 Å². The number of ether oxygens (including phenoxy) is 1. The molecule has 11 heteroatoms. The summed E-state index contributed by atoms with van der Waals surface area (Å²) in [6, 6.07) is 8.40. The van der Waals surface area contributed by atoms with Crippen molar-refractivity contribution < 1.29 is 27.5 Å². The van der Waals surface area contributed by atoms with Crippen LogP contribution >= 0.6 is 11.3 Å². The van der Waals surface area contributed by atoms with E-state index < -0.39 is 34.4 Å². The number of esters is 1. The normalized spacial score (nSPS) is 11.1. The SMILES string of the molecule is CN(C)S(=O)(=O)c1ccc(C(=O)OCC(=O)NNC(=O)c2cccs2)cc1. The quantitative estimate of drug-likeness (QED) is 0.531. The number of thiophene rings is 1. The highest BCUT2D eigenvalue weighted by Gasteiger charge is 2.18. The zero-order chi connectivity index (χ0) is 20.0. The monoisotopic (exact) mass is 411 g/mol. The van der Waals surface area contributed by atoms with E-state index in [9.17, 15) is 22.8 Å². The molecule has 27 heavy (non-hydrogen) atoms. The molecule has 0 bridgehead atoms. The smallest absolute Gasteiger partial charge is 0.338 e. The summed E-state index contributed by atoms with van der Waals surface area (Å²) in [5, 5.41) is 1.72. The van der Waals surface area contributed by atoms with Gasteiger partial charge in [-0.15, -0.1) is 11.3 Å². The van der Waals surface area contributed by atoms with Gasteiger partial charge >= 0.3 is 5.97 Å². The second-order valence-electron chi connectivity index (χ2n) is 5.37. The Morgan fingerprint density at radius 2 is 1.74 bits per heavy atom. The van der Waals surface area contributed by atoms with E-state index in [1.165, 1.54) is 49.7 Å². The number of hydrogen-bond acceptors (Lipinski definition) is 7. The van der Waals surface area contributed by atoms with Gasteiger partial charge in [0.25, 0.3) is 11.8 Å². The summed E-state index contributed by atoms with van der Waals surface area (Å²) in [5.74, 6) is -2.01. The van der Waals surface area contributed by atoms with Crippen LogP contribution in [0, 0.1) is 0 Å². The summed E-state index contributed by atoms with van der Waals surface area (Å²) in [4.78, 5) is 35.6. The second kappa shape index (κ2) is 8.75. The maximum absolute atomic E-state index is 12.0. The van der Waals surface area contributed by atoms with Crippen LogP contribution in [0.1, 0.15) is 20.0 Å². The van der Waals surface area contributed by atoms with Gasteiger partial charge in [0, 0.05) is 14.1 Å². The molecule has 0 saturated heterocycles. The second-order valence-corrected chi connectivity index (χ2v) is 8.47. The minimum Gasteiger partial charge on any atom is -0.452 e. The van der Waals surface area contributed by atoms with Crippen molar-refractivity contribution in [2.24, 2.45) is 0 Å². The van der Waals surface area contributed by atoms with E-state index in [2.05, 4.69) is 10.9 Å². The average molecular weight is 411 g/mol. The third-order valence-corrected chi connectivity index (χ3v) is 5.96. The van der Waals surface area contributed by atoms with Crippen molar-refractivity contribution in [3.63, 3.8) is 0 Å². The number of nitrogens with one attached hydrogen (secondary N) is 2. The van der Waals surface area contributed by atoms with Gasteiger partial charge in [-0.2, -0.15) is 0 Å². The molecule has 1 aromatic carbocycles. The summed E-state index contributed by atoms with van der Waals surface area (Å²) >= 11 is 1.21. The molecule has 0 radical (unpaired) electrons. The maximum atomic E-state index is 12.0. The van der Waals surface area contributed by atoms with E-state index in [1.54, 1.807) is 17.5 Å². The van der Waals surface area contributed by atoms with Crippen molar-refractivity contribution in [2.45, 2.75) is 4.90 Å². The highest BCUT2D eigenvalue weighted by Crippen LogP contribution is 2.14. The Hall–Kier alpha value is -2.76. The molecule has 0 aliphatic heterocycles. The summed E-state index contributed by atoms with van der Waals surface area (Å²) in [5.41, 5.74) is 4.40. The minimum absolute atomic E-state index is 0.0260. The van der Waals surface area contributed by atoms with E-state index in [0.717, 1.165) is 4.31 Å². The topological polar surface area (TPSA) is 122 Å². The first kappa shape index (κ1) is 20.6. The lowest BCUT2D eigenvalue weighted by Gasteiger charge is -2.11. The predicted molar refractivity (Wildman–Crippen MR) is 97.5 cm³/mol. The van der Waals surface area contributed by atoms with Gasteiger partial charge in [0.05, 0.1) is 15.3 Å². The number of rotatable bonds is 6. The first-order valence-corrected chi connectivity index (χ1v) is 9.86. The lowest BCUT2D eigenvalue weighted by molar-refractivity contribution is -0.125. The van der Waals surface area contributed by atoms with Crippen molar-refractivity contribution in [3.8, 4) is 0 Å². The fourth-order valence-corrected chi connectivity index (χ4v) is 3.34. The molecule has 2 N–H and O–H groups in total. The molecule has 0 spiro atoms. The zero-order valence-corrected chi connectivity index (χ0v) is 16.1. The molecule has 1 heterocycles. The molecule has 0 saturated carbocycles. The molecule has 2 rings (SSSR count). The molecule has 0 aliphatic rings. The van der Waals surface area contributed by atoms with Crippen LogP contribution in [0.2, 0.25) is 0 Å². The van der Waals surface area contributed by atoms with Crippen LogP contribution in [-0.4, -0.2) is 51.2 Å². The molecular formula is C16H17N3O6S2. The van der Waals surface area contributed by atoms with Crippen molar-refractivity contribution in [2.75, 3.05) is 20.7 Å². The van der Waals surface area contributed by atoms with Crippen LogP contribution in [-0.2, 0) is 19.6 Å². The summed E-state index contributed by atoms with van der Waals surface area (Å²) < 4.78 is 29.8. The van der Waals surface area contributed by atoms with Crippen LogP contribution in [0.5, 0.6) is 0 Å². The Bertz CT molecular complexity index is 922. The maximum Gasteiger partial charge on any atom is 0.338 e. The van der Waals surface area contributed by atoms with E-state index in [1.807, 2.05) is 0 Å². The Morgan fingerprint density at radius 1 is 1.07 bits per heavy atom. The molecule has 0 atom stereocenters. The third-order valence-electron chi connectivity index (χ3n) is 3.26. The number of amides is 2. The van der Waals surface area contributed by atoms with Crippen LogP contribution < -0.4 is 10.9 Å². The summed E-state index contributed by atoms with van der Waals surface area (Å²) in [6.45, 7) is -0.610. The van der Waals surface area contributed by atoms with Crippen molar-refractivity contribution in [3.05, 3.63) is 52.2 Å². The number of sulfonamides is 1.